The predicted octanol–water partition coefficient (Wildman–Crippen LogP) is 3.01. The van der Waals surface area contributed by atoms with Gasteiger partial charge in [0.2, 0.25) is 0 Å². The molecule has 1 heterocycles. The highest BCUT2D eigenvalue weighted by atomic mass is 15.2. The molecule has 1 aliphatic heterocycles. The van der Waals surface area contributed by atoms with Crippen LogP contribution in [0.5, 0.6) is 0 Å². The molecule has 0 bridgehead atoms. The third-order valence-corrected chi connectivity index (χ3v) is 5.20. The topological polar surface area (TPSA) is 29.3 Å². The number of nitrogens with two attached hydrogens (primary N) is 1. The van der Waals surface area contributed by atoms with Crippen LogP contribution < -0.4 is 5.73 Å². The Bertz CT molecular complexity index is 223. The third kappa shape index (κ3) is 3.45. The first-order chi connectivity index (χ1) is 8.18. The molecule has 0 aromatic rings. The van der Waals surface area contributed by atoms with Crippen molar-refractivity contribution >= 4 is 0 Å². The van der Waals surface area contributed by atoms with Gasteiger partial charge in [-0.15, -0.1) is 0 Å². The smallest absolute Gasteiger partial charge is 0.0196 e. The molecule has 100 valence electrons. The Balaban J connectivity index is 1.82. The van der Waals surface area contributed by atoms with Gasteiger partial charge in [-0.2, -0.15) is 0 Å². The number of nitrogens with zero attached hydrogens (tertiary/aromatic N) is 1. The average Bonchev–Trinajstić information content (AvgIpc) is 2.36. The van der Waals surface area contributed by atoms with Gasteiger partial charge in [0.1, 0.15) is 0 Å². The molecule has 1 saturated heterocycles. The van der Waals surface area contributed by atoms with Gasteiger partial charge < -0.3 is 5.73 Å². The van der Waals surface area contributed by atoms with E-state index in [1.54, 1.807) is 0 Å². The van der Waals surface area contributed by atoms with Crippen molar-refractivity contribution in [3.05, 3.63) is 0 Å². The van der Waals surface area contributed by atoms with Crippen LogP contribution in [0.1, 0.15) is 58.8 Å². The van der Waals surface area contributed by atoms with E-state index in [0.29, 0.717) is 6.04 Å². The van der Waals surface area contributed by atoms with Crippen LogP contribution in [0.4, 0.5) is 0 Å². The summed E-state index contributed by atoms with van der Waals surface area (Å²) >= 11 is 0. The van der Waals surface area contributed by atoms with Crippen LogP contribution in [0.15, 0.2) is 0 Å². The second-order valence-corrected chi connectivity index (χ2v) is 6.42. The third-order valence-electron chi connectivity index (χ3n) is 5.20. The molecule has 2 aliphatic rings. The highest BCUT2D eigenvalue weighted by molar-refractivity contribution is 4.84. The van der Waals surface area contributed by atoms with E-state index in [9.17, 15) is 0 Å². The van der Waals surface area contributed by atoms with Gasteiger partial charge in [-0.25, -0.2) is 0 Å². The standard InChI is InChI=1S/C15H30N2/c1-12-7-6-10-17(13(12)2)11-15(16)14-8-4-3-5-9-14/h12-15H,3-11,16H2,1-2H3. The molecule has 2 N–H and O–H groups in total. The van der Waals surface area contributed by atoms with Crippen molar-refractivity contribution in [2.45, 2.75) is 70.9 Å². The number of piperidine rings is 1. The van der Waals surface area contributed by atoms with E-state index in [0.717, 1.165) is 24.4 Å². The molecular formula is C15H30N2. The maximum atomic E-state index is 6.45. The SMILES string of the molecule is CC1CCCN(CC(N)C2CCCCC2)C1C. The first-order valence-corrected chi connectivity index (χ1v) is 7.68. The van der Waals surface area contributed by atoms with Gasteiger partial charge in [-0.05, 0) is 51.0 Å². The van der Waals surface area contributed by atoms with E-state index in [4.69, 9.17) is 5.73 Å². The highest BCUT2D eigenvalue weighted by Crippen LogP contribution is 2.28. The molecule has 0 aromatic carbocycles. The van der Waals surface area contributed by atoms with Gasteiger partial charge in [0.05, 0.1) is 0 Å². The fourth-order valence-corrected chi connectivity index (χ4v) is 3.66. The summed E-state index contributed by atoms with van der Waals surface area (Å²) in [5.74, 6) is 1.65. The lowest BCUT2D eigenvalue weighted by molar-refractivity contribution is 0.0942. The summed E-state index contributed by atoms with van der Waals surface area (Å²) in [6, 6.07) is 1.15. The summed E-state index contributed by atoms with van der Waals surface area (Å²) in [5, 5.41) is 0. The Morgan fingerprint density at radius 1 is 1.06 bits per heavy atom. The molecule has 0 spiro atoms. The summed E-state index contributed by atoms with van der Waals surface area (Å²) in [5.41, 5.74) is 6.45. The van der Waals surface area contributed by atoms with Gasteiger partial charge >= 0.3 is 0 Å². The maximum absolute atomic E-state index is 6.45. The van der Waals surface area contributed by atoms with Crippen molar-refractivity contribution in [3.63, 3.8) is 0 Å². The van der Waals surface area contributed by atoms with Crippen LogP contribution in [0, 0.1) is 11.8 Å². The number of hydrogen-bond acceptors (Lipinski definition) is 2. The Morgan fingerprint density at radius 2 is 1.76 bits per heavy atom. The van der Waals surface area contributed by atoms with Crippen LogP contribution >= 0.6 is 0 Å². The van der Waals surface area contributed by atoms with Crippen molar-refractivity contribution < 1.29 is 0 Å². The van der Waals surface area contributed by atoms with Crippen molar-refractivity contribution in [3.8, 4) is 0 Å². The Kier molecular flexibility index (Phi) is 4.87. The van der Waals surface area contributed by atoms with Crippen molar-refractivity contribution in [2.24, 2.45) is 17.6 Å². The Hall–Kier alpha value is -0.0800. The van der Waals surface area contributed by atoms with E-state index >= 15 is 0 Å². The summed E-state index contributed by atoms with van der Waals surface area (Å²) in [6.07, 6.45) is 9.76. The number of hydrogen-bond donors (Lipinski definition) is 1. The summed E-state index contributed by atoms with van der Waals surface area (Å²) in [7, 11) is 0. The lowest BCUT2D eigenvalue weighted by Crippen LogP contribution is -2.50. The number of likely N-dealkylation sites (tertiary alicyclic amines) is 1. The minimum absolute atomic E-state index is 0.419. The fraction of sp³-hybridized carbons (Fsp3) is 1.00. The Morgan fingerprint density at radius 3 is 2.47 bits per heavy atom. The molecule has 0 amide bonds. The van der Waals surface area contributed by atoms with Crippen LogP contribution in [0.3, 0.4) is 0 Å². The number of rotatable bonds is 3. The van der Waals surface area contributed by atoms with Crippen LogP contribution in [-0.2, 0) is 0 Å². The molecule has 2 rings (SSSR count). The van der Waals surface area contributed by atoms with Crippen molar-refractivity contribution in [2.75, 3.05) is 13.1 Å². The van der Waals surface area contributed by atoms with E-state index in [1.807, 2.05) is 0 Å². The second kappa shape index (κ2) is 6.19. The second-order valence-electron chi connectivity index (χ2n) is 6.42. The molecule has 0 aromatic heterocycles. The molecule has 0 radical (unpaired) electrons. The van der Waals surface area contributed by atoms with E-state index in [2.05, 4.69) is 18.7 Å². The van der Waals surface area contributed by atoms with E-state index in [1.165, 1.54) is 51.5 Å². The lowest BCUT2D eigenvalue weighted by atomic mass is 9.83. The summed E-state index contributed by atoms with van der Waals surface area (Å²) in [4.78, 5) is 2.65. The summed E-state index contributed by atoms with van der Waals surface area (Å²) in [6.45, 7) is 7.18. The minimum Gasteiger partial charge on any atom is -0.326 e. The van der Waals surface area contributed by atoms with E-state index in [-0.39, 0.29) is 0 Å². The zero-order valence-corrected chi connectivity index (χ0v) is 11.7. The molecule has 2 nitrogen and oxygen atoms in total. The van der Waals surface area contributed by atoms with Crippen LogP contribution in [0.2, 0.25) is 0 Å². The predicted molar refractivity (Wildman–Crippen MR) is 74.0 cm³/mol. The van der Waals surface area contributed by atoms with Crippen molar-refractivity contribution in [1.82, 2.24) is 4.90 Å². The van der Waals surface area contributed by atoms with Crippen molar-refractivity contribution in [1.29, 1.82) is 0 Å². The molecule has 1 aliphatic carbocycles. The minimum atomic E-state index is 0.419. The first-order valence-electron chi connectivity index (χ1n) is 7.68. The lowest BCUT2D eigenvalue weighted by Gasteiger charge is -2.41. The molecule has 2 heteroatoms. The molecule has 3 atom stereocenters. The zero-order chi connectivity index (χ0) is 12.3. The van der Waals surface area contributed by atoms with Gasteiger partial charge in [0.25, 0.3) is 0 Å². The Labute approximate surface area is 107 Å². The van der Waals surface area contributed by atoms with Gasteiger partial charge in [0, 0.05) is 18.6 Å². The molecule has 3 unspecified atom stereocenters. The van der Waals surface area contributed by atoms with Gasteiger partial charge in [-0.1, -0.05) is 26.2 Å². The van der Waals surface area contributed by atoms with Crippen LogP contribution in [-0.4, -0.2) is 30.1 Å². The largest absolute Gasteiger partial charge is 0.326 e. The average molecular weight is 238 g/mol. The van der Waals surface area contributed by atoms with Gasteiger partial charge in [0.15, 0.2) is 0 Å². The fourth-order valence-electron chi connectivity index (χ4n) is 3.66. The monoisotopic (exact) mass is 238 g/mol. The van der Waals surface area contributed by atoms with Crippen LogP contribution in [0.25, 0.3) is 0 Å². The molecule has 2 fully saturated rings. The normalized spacial score (nSPS) is 34.8. The first kappa shape index (κ1) is 13.4. The maximum Gasteiger partial charge on any atom is 0.0196 e. The van der Waals surface area contributed by atoms with Gasteiger partial charge in [-0.3, -0.25) is 4.90 Å². The molecule has 1 saturated carbocycles. The van der Waals surface area contributed by atoms with E-state index < -0.39 is 0 Å². The zero-order valence-electron chi connectivity index (χ0n) is 11.7. The highest BCUT2D eigenvalue weighted by Gasteiger charge is 2.28. The summed E-state index contributed by atoms with van der Waals surface area (Å²) < 4.78 is 0. The quantitative estimate of drug-likeness (QED) is 0.819. The molecule has 17 heavy (non-hydrogen) atoms. The molecular weight excluding hydrogens is 208 g/mol.